The van der Waals surface area contributed by atoms with Crippen LogP contribution in [0.2, 0.25) is 6.04 Å². The van der Waals surface area contributed by atoms with E-state index in [1.807, 2.05) is 30.3 Å². The molecule has 57 valence electrons. The van der Waals surface area contributed by atoms with Gasteiger partial charge in [0.25, 0.3) is 0 Å². The summed E-state index contributed by atoms with van der Waals surface area (Å²) in [6.45, 7) is 3.64. The van der Waals surface area contributed by atoms with Crippen molar-refractivity contribution in [2.75, 3.05) is 0 Å². The molecule has 0 atom stereocenters. The Morgan fingerprint density at radius 1 is 1.64 bits per heavy atom. The molecular weight excluding hydrogens is 152 g/mol. The minimum absolute atomic E-state index is 0.436. The fourth-order valence-electron chi connectivity index (χ4n) is 0.719. The normalized spacial score (nSPS) is 10.2. The molecule has 0 aliphatic rings. The summed E-state index contributed by atoms with van der Waals surface area (Å²) >= 11 is 0. The van der Waals surface area contributed by atoms with Gasteiger partial charge in [0.2, 0.25) is 9.76 Å². The molecule has 0 fully saturated rings. The number of rotatable bonds is 4. The van der Waals surface area contributed by atoms with E-state index < -0.39 is 9.76 Å². The SMILES string of the molecule is C=CC[SiH2]Oc1[c]cccc1. The Morgan fingerprint density at radius 2 is 2.55 bits per heavy atom. The van der Waals surface area contributed by atoms with E-state index in [1.165, 1.54) is 0 Å². The first kappa shape index (κ1) is 8.08. The molecule has 1 nitrogen and oxygen atoms in total. The second kappa shape index (κ2) is 4.74. The summed E-state index contributed by atoms with van der Waals surface area (Å²) in [5, 5.41) is 0. The lowest BCUT2D eigenvalue weighted by Crippen LogP contribution is -1.99. The van der Waals surface area contributed by atoms with Crippen molar-refractivity contribution >= 4 is 9.76 Å². The second-order valence-corrected chi connectivity index (χ2v) is 3.43. The lowest BCUT2D eigenvalue weighted by Gasteiger charge is -2.01. The van der Waals surface area contributed by atoms with Crippen molar-refractivity contribution in [2.45, 2.75) is 6.04 Å². The molecule has 0 amide bonds. The molecule has 11 heavy (non-hydrogen) atoms. The van der Waals surface area contributed by atoms with Gasteiger partial charge in [0.15, 0.2) is 0 Å². The number of para-hydroxylation sites is 1. The molecule has 2 heteroatoms. The van der Waals surface area contributed by atoms with Crippen molar-refractivity contribution in [1.82, 2.24) is 0 Å². The standard InChI is InChI=1S/C9H11OSi/c1-2-8-11-10-9-6-4-3-5-7-9/h2-6H,1,8,11H2. The van der Waals surface area contributed by atoms with Crippen LogP contribution in [0.4, 0.5) is 0 Å². The molecule has 1 radical (unpaired) electrons. The van der Waals surface area contributed by atoms with Crippen molar-refractivity contribution in [3.05, 3.63) is 43.0 Å². The first-order valence-corrected chi connectivity index (χ1v) is 5.21. The molecule has 1 rings (SSSR count). The summed E-state index contributed by atoms with van der Waals surface area (Å²) in [6, 6.07) is 11.7. The molecule has 0 spiro atoms. The van der Waals surface area contributed by atoms with Gasteiger partial charge in [-0.25, -0.2) is 0 Å². The zero-order valence-electron chi connectivity index (χ0n) is 6.42. The maximum absolute atomic E-state index is 5.46. The fourth-order valence-corrected chi connectivity index (χ4v) is 1.40. The van der Waals surface area contributed by atoms with Gasteiger partial charge in [-0.1, -0.05) is 24.3 Å². The smallest absolute Gasteiger partial charge is 0.223 e. The van der Waals surface area contributed by atoms with Crippen molar-refractivity contribution in [1.29, 1.82) is 0 Å². The minimum Gasteiger partial charge on any atom is -0.549 e. The summed E-state index contributed by atoms with van der Waals surface area (Å²) in [7, 11) is -0.436. The number of benzene rings is 1. The molecule has 0 aliphatic heterocycles. The van der Waals surface area contributed by atoms with Crippen LogP contribution in [0.5, 0.6) is 5.75 Å². The fraction of sp³-hybridized carbons (Fsp3) is 0.111. The quantitative estimate of drug-likeness (QED) is 0.372. The minimum atomic E-state index is -0.436. The molecule has 0 bridgehead atoms. The van der Waals surface area contributed by atoms with Crippen LogP contribution in [0, 0.1) is 6.07 Å². The Morgan fingerprint density at radius 3 is 3.18 bits per heavy atom. The van der Waals surface area contributed by atoms with Gasteiger partial charge in [0, 0.05) is 6.07 Å². The van der Waals surface area contributed by atoms with Gasteiger partial charge in [-0.2, -0.15) is 0 Å². The number of hydrogen-bond acceptors (Lipinski definition) is 1. The van der Waals surface area contributed by atoms with Crippen LogP contribution in [-0.4, -0.2) is 9.76 Å². The third-order valence-electron chi connectivity index (χ3n) is 1.26. The van der Waals surface area contributed by atoms with Crippen molar-refractivity contribution in [3.63, 3.8) is 0 Å². The molecule has 0 saturated heterocycles. The zero-order chi connectivity index (χ0) is 7.94. The molecule has 0 aliphatic carbocycles. The predicted molar refractivity (Wildman–Crippen MR) is 49.5 cm³/mol. The first-order valence-electron chi connectivity index (χ1n) is 3.64. The Labute approximate surface area is 69.6 Å². The summed E-state index contributed by atoms with van der Waals surface area (Å²) in [5.41, 5.74) is 0. The van der Waals surface area contributed by atoms with Gasteiger partial charge < -0.3 is 4.43 Å². The van der Waals surface area contributed by atoms with Gasteiger partial charge in [0.05, 0.1) is 0 Å². The van der Waals surface area contributed by atoms with Gasteiger partial charge in [-0.3, -0.25) is 0 Å². The van der Waals surface area contributed by atoms with Gasteiger partial charge in [0.1, 0.15) is 5.75 Å². The van der Waals surface area contributed by atoms with E-state index in [0.29, 0.717) is 0 Å². The average molecular weight is 163 g/mol. The Bertz CT molecular complexity index is 208. The zero-order valence-corrected chi connectivity index (χ0v) is 7.83. The van der Waals surface area contributed by atoms with Crippen LogP contribution in [0.1, 0.15) is 0 Å². The highest BCUT2D eigenvalue weighted by atomic mass is 28.2. The predicted octanol–water partition coefficient (Wildman–Crippen LogP) is 1.55. The van der Waals surface area contributed by atoms with E-state index in [4.69, 9.17) is 4.43 Å². The molecule has 0 saturated carbocycles. The Kier molecular flexibility index (Phi) is 3.48. The van der Waals surface area contributed by atoms with E-state index in [9.17, 15) is 0 Å². The number of hydrogen-bond donors (Lipinski definition) is 0. The van der Waals surface area contributed by atoms with E-state index >= 15 is 0 Å². The Balaban J connectivity index is 2.33. The summed E-state index contributed by atoms with van der Waals surface area (Å²) in [4.78, 5) is 0. The highest BCUT2D eigenvalue weighted by Crippen LogP contribution is 2.06. The second-order valence-electron chi connectivity index (χ2n) is 2.15. The maximum atomic E-state index is 5.46. The van der Waals surface area contributed by atoms with Crippen molar-refractivity contribution < 1.29 is 4.43 Å². The van der Waals surface area contributed by atoms with E-state index in [-0.39, 0.29) is 0 Å². The van der Waals surface area contributed by atoms with Crippen molar-refractivity contribution in [2.24, 2.45) is 0 Å². The average Bonchev–Trinajstić information content (AvgIpc) is 2.07. The van der Waals surface area contributed by atoms with E-state index in [0.717, 1.165) is 11.8 Å². The third-order valence-corrected chi connectivity index (χ3v) is 2.42. The third kappa shape index (κ3) is 3.05. The summed E-state index contributed by atoms with van der Waals surface area (Å²) in [5.74, 6) is 0.862. The number of allylic oxidation sites excluding steroid dienone is 1. The molecule has 0 unspecified atom stereocenters. The van der Waals surface area contributed by atoms with Crippen LogP contribution in [-0.2, 0) is 0 Å². The largest absolute Gasteiger partial charge is 0.549 e. The monoisotopic (exact) mass is 163 g/mol. The van der Waals surface area contributed by atoms with Crippen LogP contribution >= 0.6 is 0 Å². The molecule has 0 aromatic heterocycles. The topological polar surface area (TPSA) is 9.23 Å². The van der Waals surface area contributed by atoms with Crippen LogP contribution < -0.4 is 4.43 Å². The molecular formula is C9H11OSi. The molecule has 1 aromatic carbocycles. The maximum Gasteiger partial charge on any atom is 0.223 e. The first-order chi connectivity index (χ1) is 5.43. The van der Waals surface area contributed by atoms with Crippen LogP contribution in [0.3, 0.4) is 0 Å². The van der Waals surface area contributed by atoms with Crippen LogP contribution in [0.15, 0.2) is 36.9 Å². The molecule has 0 N–H and O–H groups in total. The molecule has 0 heterocycles. The summed E-state index contributed by atoms with van der Waals surface area (Å²) < 4.78 is 5.46. The van der Waals surface area contributed by atoms with Gasteiger partial charge in [-0.05, 0) is 12.1 Å². The van der Waals surface area contributed by atoms with Gasteiger partial charge in [-0.15, -0.1) is 6.58 Å². The van der Waals surface area contributed by atoms with Crippen LogP contribution in [0.25, 0.3) is 0 Å². The van der Waals surface area contributed by atoms with E-state index in [1.54, 1.807) is 0 Å². The van der Waals surface area contributed by atoms with Crippen molar-refractivity contribution in [3.8, 4) is 5.75 Å². The van der Waals surface area contributed by atoms with E-state index in [2.05, 4.69) is 12.6 Å². The lowest BCUT2D eigenvalue weighted by molar-refractivity contribution is 0.595. The highest BCUT2D eigenvalue weighted by molar-refractivity contribution is 6.29. The molecule has 1 aromatic rings. The summed E-state index contributed by atoms with van der Waals surface area (Å²) in [6.07, 6.45) is 1.90. The lowest BCUT2D eigenvalue weighted by atomic mass is 10.3. The van der Waals surface area contributed by atoms with Gasteiger partial charge >= 0.3 is 0 Å². The Hall–Kier alpha value is -1.02. The highest BCUT2D eigenvalue weighted by Gasteiger charge is 1.88.